The van der Waals surface area contributed by atoms with Crippen molar-refractivity contribution >= 4 is 23.7 Å². The van der Waals surface area contributed by atoms with E-state index in [1.54, 1.807) is 19.4 Å². The predicted molar refractivity (Wildman–Crippen MR) is 93.1 cm³/mol. The SMILES string of the molecule is COC1(Cl)C=C(N2CCOCC2)N=CC1NC(=O)CC1CCCC1. The summed E-state index contributed by atoms with van der Waals surface area (Å²) in [6, 6.07) is -0.470. The summed E-state index contributed by atoms with van der Waals surface area (Å²) in [6.07, 6.45) is 8.78. The smallest absolute Gasteiger partial charge is 0.220 e. The van der Waals surface area contributed by atoms with Gasteiger partial charge in [0.05, 0.1) is 13.2 Å². The minimum atomic E-state index is -1.11. The van der Waals surface area contributed by atoms with E-state index in [9.17, 15) is 4.79 Å². The zero-order valence-corrected chi connectivity index (χ0v) is 14.9. The van der Waals surface area contributed by atoms with Crippen molar-refractivity contribution in [2.24, 2.45) is 10.9 Å². The van der Waals surface area contributed by atoms with E-state index in [0.717, 1.165) is 31.8 Å². The van der Waals surface area contributed by atoms with Crippen LogP contribution < -0.4 is 5.32 Å². The van der Waals surface area contributed by atoms with E-state index in [0.29, 0.717) is 25.6 Å². The van der Waals surface area contributed by atoms with E-state index in [2.05, 4.69) is 15.2 Å². The molecule has 1 N–H and O–H groups in total. The molecule has 0 spiro atoms. The Morgan fingerprint density at radius 3 is 2.83 bits per heavy atom. The van der Waals surface area contributed by atoms with Crippen LogP contribution in [0.2, 0.25) is 0 Å². The summed E-state index contributed by atoms with van der Waals surface area (Å²) in [5.41, 5.74) is 0. The van der Waals surface area contributed by atoms with Gasteiger partial charge in [-0.25, -0.2) is 4.99 Å². The molecule has 0 bridgehead atoms. The van der Waals surface area contributed by atoms with Crippen LogP contribution in [0.3, 0.4) is 0 Å². The molecule has 2 unspecified atom stereocenters. The third kappa shape index (κ3) is 4.10. The zero-order chi connectivity index (χ0) is 17.0. The van der Waals surface area contributed by atoms with Gasteiger partial charge in [-0.2, -0.15) is 0 Å². The molecule has 0 radical (unpaired) electrons. The van der Waals surface area contributed by atoms with Crippen LogP contribution >= 0.6 is 11.6 Å². The van der Waals surface area contributed by atoms with E-state index in [1.165, 1.54) is 12.8 Å². The fourth-order valence-corrected chi connectivity index (χ4v) is 3.76. The summed E-state index contributed by atoms with van der Waals surface area (Å²) in [7, 11) is 1.55. The molecule has 3 rings (SSSR count). The topological polar surface area (TPSA) is 63.2 Å². The lowest BCUT2D eigenvalue weighted by Gasteiger charge is -2.36. The van der Waals surface area contributed by atoms with Gasteiger partial charge >= 0.3 is 0 Å². The number of alkyl halides is 1. The van der Waals surface area contributed by atoms with Crippen LogP contribution in [-0.4, -0.2) is 61.5 Å². The number of carbonyl (C=O) groups excluding carboxylic acids is 1. The van der Waals surface area contributed by atoms with Gasteiger partial charge in [-0.1, -0.05) is 24.4 Å². The standard InChI is InChI=1S/C17H26ClN3O3/c1-23-17(18)11-15(21-6-8-24-9-7-21)19-12-14(17)20-16(22)10-13-4-2-3-5-13/h11-14H,2-10H2,1H3,(H,20,22). The molecule has 0 aromatic carbocycles. The normalized spacial score (nSPS) is 31.2. The summed E-state index contributed by atoms with van der Waals surface area (Å²) in [6.45, 7) is 2.91. The lowest BCUT2D eigenvalue weighted by atomic mass is 10.0. The Bertz CT molecular complexity index is 513. The number of hydrogen-bond acceptors (Lipinski definition) is 5. The molecule has 134 valence electrons. The first-order chi connectivity index (χ1) is 11.6. The number of nitrogens with one attached hydrogen (secondary N) is 1. The first-order valence-electron chi connectivity index (χ1n) is 8.74. The van der Waals surface area contributed by atoms with Crippen molar-refractivity contribution < 1.29 is 14.3 Å². The molecular weight excluding hydrogens is 330 g/mol. The molecule has 2 atom stereocenters. The second kappa shape index (κ2) is 7.85. The van der Waals surface area contributed by atoms with Crippen LogP contribution in [0, 0.1) is 5.92 Å². The number of aliphatic imine (C=N–C) groups is 1. The highest BCUT2D eigenvalue weighted by molar-refractivity contribution is 6.26. The molecule has 6 nitrogen and oxygen atoms in total. The molecule has 1 amide bonds. The summed E-state index contributed by atoms with van der Waals surface area (Å²) < 4.78 is 10.9. The molecule has 24 heavy (non-hydrogen) atoms. The van der Waals surface area contributed by atoms with Gasteiger partial charge in [-0.05, 0) is 18.8 Å². The molecule has 2 aliphatic heterocycles. The van der Waals surface area contributed by atoms with Gasteiger partial charge in [0.2, 0.25) is 5.91 Å². The first-order valence-corrected chi connectivity index (χ1v) is 9.11. The number of amides is 1. The Morgan fingerprint density at radius 1 is 1.46 bits per heavy atom. The van der Waals surface area contributed by atoms with Crippen molar-refractivity contribution in [1.29, 1.82) is 0 Å². The van der Waals surface area contributed by atoms with Gasteiger partial charge in [-0.3, -0.25) is 4.79 Å². The van der Waals surface area contributed by atoms with Crippen molar-refractivity contribution in [3.63, 3.8) is 0 Å². The van der Waals surface area contributed by atoms with Gasteiger partial charge in [0.15, 0.2) is 5.06 Å². The second-order valence-electron chi connectivity index (χ2n) is 6.68. The van der Waals surface area contributed by atoms with E-state index < -0.39 is 11.1 Å². The average Bonchev–Trinajstić information content (AvgIpc) is 3.10. The number of morpholine rings is 1. The minimum absolute atomic E-state index is 0.0173. The van der Waals surface area contributed by atoms with E-state index >= 15 is 0 Å². The van der Waals surface area contributed by atoms with Crippen molar-refractivity contribution in [1.82, 2.24) is 10.2 Å². The maximum atomic E-state index is 12.3. The second-order valence-corrected chi connectivity index (χ2v) is 7.27. The Labute approximate surface area is 148 Å². The van der Waals surface area contributed by atoms with Gasteiger partial charge in [0.25, 0.3) is 0 Å². The molecule has 2 heterocycles. The molecule has 1 aliphatic carbocycles. The lowest BCUT2D eigenvalue weighted by Crippen LogP contribution is -2.53. The van der Waals surface area contributed by atoms with E-state index in [1.807, 2.05) is 0 Å². The zero-order valence-electron chi connectivity index (χ0n) is 14.2. The van der Waals surface area contributed by atoms with Gasteiger partial charge < -0.3 is 19.7 Å². The van der Waals surface area contributed by atoms with Gasteiger partial charge in [-0.15, -0.1) is 0 Å². The monoisotopic (exact) mass is 355 g/mol. The van der Waals surface area contributed by atoms with Crippen molar-refractivity contribution in [3.8, 4) is 0 Å². The molecule has 2 fully saturated rings. The molecule has 0 aromatic rings. The predicted octanol–water partition coefficient (Wildman–Crippen LogP) is 1.89. The Morgan fingerprint density at radius 2 is 2.17 bits per heavy atom. The highest BCUT2D eigenvalue weighted by atomic mass is 35.5. The van der Waals surface area contributed by atoms with Crippen LogP contribution in [-0.2, 0) is 14.3 Å². The van der Waals surface area contributed by atoms with Crippen molar-refractivity contribution in [3.05, 3.63) is 11.9 Å². The molecular formula is C17H26ClN3O3. The molecule has 1 saturated heterocycles. The lowest BCUT2D eigenvalue weighted by molar-refractivity contribution is -0.123. The fraction of sp³-hybridized carbons (Fsp3) is 0.765. The third-order valence-corrected chi connectivity index (χ3v) is 5.52. The highest BCUT2D eigenvalue weighted by Gasteiger charge is 2.39. The quantitative estimate of drug-likeness (QED) is 0.765. The van der Waals surface area contributed by atoms with Crippen molar-refractivity contribution in [2.75, 3.05) is 33.4 Å². The molecule has 1 saturated carbocycles. The first kappa shape index (κ1) is 17.7. The fourth-order valence-electron chi connectivity index (χ4n) is 3.55. The average molecular weight is 356 g/mol. The van der Waals surface area contributed by atoms with Crippen LogP contribution in [0.4, 0.5) is 0 Å². The van der Waals surface area contributed by atoms with Crippen LogP contribution in [0.5, 0.6) is 0 Å². The Balaban J connectivity index is 1.62. The van der Waals surface area contributed by atoms with Crippen LogP contribution in [0.15, 0.2) is 16.9 Å². The molecule has 3 aliphatic rings. The number of nitrogens with zero attached hydrogens (tertiary/aromatic N) is 2. The molecule has 7 heteroatoms. The molecule has 0 aromatic heterocycles. The maximum Gasteiger partial charge on any atom is 0.220 e. The van der Waals surface area contributed by atoms with Crippen molar-refractivity contribution in [2.45, 2.75) is 43.2 Å². The van der Waals surface area contributed by atoms with Crippen LogP contribution in [0.25, 0.3) is 0 Å². The Kier molecular flexibility index (Phi) is 5.79. The number of carbonyl (C=O) groups is 1. The number of hydrogen-bond donors (Lipinski definition) is 1. The maximum absolute atomic E-state index is 12.3. The van der Waals surface area contributed by atoms with Gasteiger partial charge in [0.1, 0.15) is 11.9 Å². The number of halogens is 1. The summed E-state index contributed by atoms with van der Waals surface area (Å²) in [5.74, 6) is 1.29. The summed E-state index contributed by atoms with van der Waals surface area (Å²) in [4.78, 5) is 18.9. The number of ether oxygens (including phenoxy) is 2. The Hall–Kier alpha value is -1.11. The minimum Gasteiger partial charge on any atom is -0.378 e. The van der Waals surface area contributed by atoms with Gasteiger partial charge in [0, 0.05) is 38.9 Å². The van der Waals surface area contributed by atoms with E-state index in [-0.39, 0.29) is 5.91 Å². The largest absolute Gasteiger partial charge is 0.378 e. The van der Waals surface area contributed by atoms with E-state index in [4.69, 9.17) is 21.1 Å². The van der Waals surface area contributed by atoms with Crippen LogP contribution in [0.1, 0.15) is 32.1 Å². The number of methoxy groups -OCH3 is 1. The summed E-state index contributed by atoms with van der Waals surface area (Å²) in [5, 5.41) is 1.87. The third-order valence-electron chi connectivity index (χ3n) is 5.02. The summed E-state index contributed by atoms with van der Waals surface area (Å²) >= 11 is 6.64. The highest BCUT2D eigenvalue weighted by Crippen LogP contribution is 2.30. The number of rotatable bonds is 5.